The Bertz CT molecular complexity index is 1400. The number of hydrogen-bond acceptors (Lipinski definition) is 9. The van der Waals surface area contributed by atoms with Crippen LogP contribution in [0.5, 0.6) is 5.75 Å². The average molecular weight is 496 g/mol. The smallest absolute Gasteiger partial charge is 0.387 e. The van der Waals surface area contributed by atoms with Gasteiger partial charge in [-0.15, -0.1) is 11.3 Å². The zero-order valence-corrected chi connectivity index (χ0v) is 20.0. The number of piperazine rings is 1. The number of benzene rings is 1. The summed E-state index contributed by atoms with van der Waals surface area (Å²) in [6.45, 7) is 1.07. The van der Waals surface area contributed by atoms with Crippen LogP contribution in [0.2, 0.25) is 0 Å². The van der Waals surface area contributed by atoms with E-state index in [1.165, 1.54) is 17.4 Å². The van der Waals surface area contributed by atoms with E-state index >= 15 is 0 Å². The van der Waals surface area contributed by atoms with Gasteiger partial charge in [-0.1, -0.05) is 12.1 Å². The van der Waals surface area contributed by atoms with E-state index in [1.807, 2.05) is 25.1 Å². The Kier molecular flexibility index (Phi) is 5.45. The first-order valence-corrected chi connectivity index (χ1v) is 12.1. The average Bonchev–Trinajstić information content (AvgIpc) is 3.52. The van der Waals surface area contributed by atoms with Crippen LogP contribution in [-0.4, -0.2) is 63.7 Å². The number of aromatic nitrogens is 4. The fraction of sp³-hybridized carbons (Fsp3) is 0.333. The van der Waals surface area contributed by atoms with Crippen LogP contribution in [0.25, 0.3) is 20.8 Å². The third kappa shape index (κ3) is 4.37. The molecule has 3 aromatic heterocycles. The Hall–Kier alpha value is -3.44. The number of likely N-dealkylation sites (N-methyl/N-ethyl adjacent to an activating group) is 1. The molecule has 2 aliphatic heterocycles. The molecule has 180 valence electrons. The monoisotopic (exact) mass is 495 g/mol. The second-order valence-electron chi connectivity index (χ2n) is 8.92. The van der Waals surface area contributed by atoms with Crippen molar-refractivity contribution in [1.29, 1.82) is 0 Å². The maximum Gasteiger partial charge on any atom is 0.387 e. The van der Waals surface area contributed by atoms with Crippen molar-refractivity contribution in [1.82, 2.24) is 24.8 Å². The molecule has 2 atom stereocenters. The van der Waals surface area contributed by atoms with Gasteiger partial charge >= 0.3 is 6.61 Å². The highest BCUT2D eigenvalue weighted by atomic mass is 32.1. The number of ether oxygens (including phenoxy) is 1. The van der Waals surface area contributed by atoms with Crippen molar-refractivity contribution in [2.75, 3.05) is 30.4 Å². The summed E-state index contributed by atoms with van der Waals surface area (Å²) in [6.07, 6.45) is 2.90. The van der Waals surface area contributed by atoms with Gasteiger partial charge in [0.25, 0.3) is 0 Å². The van der Waals surface area contributed by atoms with E-state index in [0.29, 0.717) is 34.3 Å². The van der Waals surface area contributed by atoms with Crippen LogP contribution in [0.1, 0.15) is 12.1 Å². The molecule has 35 heavy (non-hydrogen) atoms. The van der Waals surface area contributed by atoms with Crippen molar-refractivity contribution in [2.24, 2.45) is 0 Å². The molecule has 2 aliphatic rings. The minimum Gasteiger partial charge on any atom is -0.435 e. The first-order chi connectivity index (χ1) is 16.9. The molecule has 0 saturated carbocycles. The summed E-state index contributed by atoms with van der Waals surface area (Å²) >= 11 is 1.44. The lowest BCUT2D eigenvalue weighted by Crippen LogP contribution is -2.45. The lowest BCUT2D eigenvalue weighted by atomic mass is 10.2. The molecule has 0 aliphatic carbocycles. The minimum absolute atomic E-state index is 0.102. The van der Waals surface area contributed by atoms with Gasteiger partial charge in [0.2, 0.25) is 5.95 Å². The van der Waals surface area contributed by atoms with Gasteiger partial charge in [-0.25, -0.2) is 15.0 Å². The van der Waals surface area contributed by atoms with Gasteiger partial charge in [-0.3, -0.25) is 4.90 Å². The van der Waals surface area contributed by atoms with E-state index in [2.05, 4.69) is 41.9 Å². The van der Waals surface area contributed by atoms with Gasteiger partial charge in [0.15, 0.2) is 0 Å². The van der Waals surface area contributed by atoms with Crippen LogP contribution in [0, 0.1) is 6.92 Å². The number of halogens is 2. The van der Waals surface area contributed by atoms with Crippen molar-refractivity contribution in [3.8, 4) is 16.3 Å². The number of hydrogen-bond donors (Lipinski definition) is 1. The Morgan fingerprint density at radius 2 is 1.97 bits per heavy atom. The highest BCUT2D eigenvalue weighted by Crippen LogP contribution is 2.34. The molecule has 2 saturated heterocycles. The number of nitrogens with zero attached hydrogens (tertiary/aromatic N) is 6. The summed E-state index contributed by atoms with van der Waals surface area (Å²) in [6, 6.07) is 11.3. The van der Waals surface area contributed by atoms with Crippen molar-refractivity contribution in [3.63, 3.8) is 0 Å². The maximum absolute atomic E-state index is 12.6. The molecule has 0 spiro atoms. The van der Waals surface area contributed by atoms with Gasteiger partial charge in [-0.2, -0.15) is 13.8 Å². The molecule has 2 bridgehead atoms. The van der Waals surface area contributed by atoms with Crippen LogP contribution in [0.4, 0.5) is 26.4 Å². The first-order valence-electron chi connectivity index (χ1n) is 11.3. The molecule has 6 rings (SSSR count). The van der Waals surface area contributed by atoms with Gasteiger partial charge < -0.3 is 15.0 Å². The molecule has 4 aromatic rings. The third-order valence-corrected chi connectivity index (χ3v) is 7.51. The number of rotatable bonds is 6. The number of alkyl halides is 2. The molecular weight excluding hydrogens is 472 g/mol. The molecule has 11 heteroatoms. The number of pyridine rings is 1. The van der Waals surface area contributed by atoms with E-state index in [0.717, 1.165) is 41.4 Å². The Morgan fingerprint density at radius 3 is 2.74 bits per heavy atom. The van der Waals surface area contributed by atoms with Crippen LogP contribution in [-0.2, 0) is 0 Å². The molecule has 0 radical (unpaired) electrons. The van der Waals surface area contributed by atoms with Crippen LogP contribution in [0.15, 0.2) is 42.6 Å². The largest absolute Gasteiger partial charge is 0.435 e. The number of aryl methyl sites for hydroxylation is 1. The Morgan fingerprint density at radius 1 is 1.09 bits per heavy atom. The van der Waals surface area contributed by atoms with Gasteiger partial charge in [0.1, 0.15) is 22.4 Å². The molecular formula is C24H23F2N7OS. The predicted octanol–water partition coefficient (Wildman–Crippen LogP) is 4.69. The zero-order valence-electron chi connectivity index (χ0n) is 19.2. The standard InChI is InChI=1S/C24H23F2N7OS/c1-13-6-21(31-24(28-13)33-12-15-8-16(33)11-32(15)2)30-20-9-18-19(10-27-20)35-22(29-18)14-4-3-5-17(7-14)34-23(25)26/h3-7,9-10,15-16,23H,8,11-12H2,1-2H3,(H,27,28,30,31)/t15-,16-/m0/s1. The summed E-state index contributed by atoms with van der Waals surface area (Å²) in [4.78, 5) is 23.4. The molecule has 1 aromatic carbocycles. The zero-order chi connectivity index (χ0) is 24.1. The Balaban J connectivity index is 1.24. The SMILES string of the molecule is Cc1cc(Nc2cc3nc(-c4cccc(OC(F)F)c4)sc3cn2)nc(N2C[C@@H]3C[C@H]2CN3C)n1. The van der Waals surface area contributed by atoms with E-state index in [-0.39, 0.29) is 5.75 Å². The fourth-order valence-electron chi connectivity index (χ4n) is 4.82. The Labute approximate surface area is 204 Å². The summed E-state index contributed by atoms with van der Waals surface area (Å²) in [5.74, 6) is 2.15. The highest BCUT2D eigenvalue weighted by Gasteiger charge is 2.42. The molecule has 0 amide bonds. The van der Waals surface area contributed by atoms with E-state index in [1.54, 1.807) is 18.3 Å². The minimum atomic E-state index is -2.87. The van der Waals surface area contributed by atoms with Crippen molar-refractivity contribution in [2.45, 2.75) is 32.0 Å². The van der Waals surface area contributed by atoms with Crippen molar-refractivity contribution in [3.05, 3.63) is 48.3 Å². The van der Waals surface area contributed by atoms with E-state index in [9.17, 15) is 8.78 Å². The quantitative estimate of drug-likeness (QED) is 0.413. The second-order valence-corrected chi connectivity index (χ2v) is 9.95. The number of anilines is 3. The summed E-state index contributed by atoms with van der Waals surface area (Å²) < 4.78 is 30.6. The van der Waals surface area contributed by atoms with Crippen molar-refractivity contribution < 1.29 is 13.5 Å². The van der Waals surface area contributed by atoms with Crippen LogP contribution >= 0.6 is 11.3 Å². The van der Waals surface area contributed by atoms with Crippen LogP contribution in [0.3, 0.4) is 0 Å². The lowest BCUT2D eigenvalue weighted by molar-refractivity contribution is -0.0498. The predicted molar refractivity (Wildman–Crippen MR) is 132 cm³/mol. The molecule has 5 heterocycles. The van der Waals surface area contributed by atoms with Crippen LogP contribution < -0.4 is 15.0 Å². The number of likely N-dealkylation sites (tertiary alicyclic amines) is 1. The number of thiazole rings is 1. The summed E-state index contributed by atoms with van der Waals surface area (Å²) in [5.41, 5.74) is 2.35. The van der Waals surface area contributed by atoms with E-state index < -0.39 is 6.61 Å². The number of fused-ring (bicyclic) bond motifs is 3. The second kappa shape index (κ2) is 8.65. The first kappa shape index (κ1) is 22.1. The van der Waals surface area contributed by atoms with E-state index in [4.69, 9.17) is 4.98 Å². The van der Waals surface area contributed by atoms with Gasteiger partial charge in [0, 0.05) is 54.8 Å². The van der Waals surface area contributed by atoms with Gasteiger partial charge in [-0.05, 0) is 32.5 Å². The molecule has 1 N–H and O–H groups in total. The topological polar surface area (TPSA) is 79.3 Å². The molecule has 8 nitrogen and oxygen atoms in total. The lowest BCUT2D eigenvalue weighted by Gasteiger charge is -2.32. The molecule has 2 fully saturated rings. The summed E-state index contributed by atoms with van der Waals surface area (Å²) in [7, 11) is 2.17. The third-order valence-electron chi connectivity index (χ3n) is 6.45. The fourth-order valence-corrected chi connectivity index (χ4v) is 5.73. The maximum atomic E-state index is 12.6. The molecule has 0 unspecified atom stereocenters. The summed E-state index contributed by atoms with van der Waals surface area (Å²) in [5, 5.41) is 4.00. The van der Waals surface area contributed by atoms with Gasteiger partial charge in [0.05, 0.1) is 10.2 Å². The highest BCUT2D eigenvalue weighted by molar-refractivity contribution is 7.21. The van der Waals surface area contributed by atoms with Crippen molar-refractivity contribution >= 4 is 39.1 Å². The normalized spacial score (nSPS) is 19.7. The number of nitrogens with one attached hydrogen (secondary N) is 1.